The predicted molar refractivity (Wildman–Crippen MR) is 47.9 cm³/mol. The highest BCUT2D eigenvalue weighted by molar-refractivity contribution is 5.85. The van der Waals surface area contributed by atoms with Crippen molar-refractivity contribution in [2.24, 2.45) is 5.92 Å². The zero-order chi connectivity index (χ0) is 10.3. The Hall–Kier alpha value is -1.10. The minimum absolute atomic E-state index is 0.0882. The molecule has 0 saturated heterocycles. The molecule has 0 fully saturated rings. The summed E-state index contributed by atoms with van der Waals surface area (Å²) in [6.07, 6.45) is 0.434. The van der Waals surface area contributed by atoms with Crippen molar-refractivity contribution in [1.82, 2.24) is 10.6 Å². The van der Waals surface area contributed by atoms with Crippen LogP contribution < -0.4 is 10.6 Å². The number of aliphatic hydroxyl groups excluding tert-OH is 1. The van der Waals surface area contributed by atoms with Crippen LogP contribution in [0.15, 0.2) is 0 Å². The molecule has 0 aromatic carbocycles. The van der Waals surface area contributed by atoms with Crippen molar-refractivity contribution < 1.29 is 14.7 Å². The van der Waals surface area contributed by atoms with Crippen molar-refractivity contribution in [2.45, 2.75) is 12.8 Å². The van der Waals surface area contributed by atoms with E-state index >= 15 is 0 Å². The molecule has 0 saturated carbocycles. The summed E-state index contributed by atoms with van der Waals surface area (Å²) in [6.45, 7) is -0.0882. The summed E-state index contributed by atoms with van der Waals surface area (Å²) in [6, 6.07) is 0. The number of hydrogen-bond donors (Lipinski definition) is 3. The van der Waals surface area contributed by atoms with Crippen molar-refractivity contribution in [1.29, 1.82) is 0 Å². The maximum Gasteiger partial charge on any atom is 0.223 e. The zero-order valence-corrected chi connectivity index (χ0v) is 7.96. The Labute approximate surface area is 77.5 Å². The smallest absolute Gasteiger partial charge is 0.223 e. The molecule has 1 unspecified atom stereocenters. The van der Waals surface area contributed by atoms with Gasteiger partial charge in [-0.05, 0) is 6.42 Å². The normalized spacial score (nSPS) is 11.9. The lowest BCUT2D eigenvalue weighted by Crippen LogP contribution is -2.32. The van der Waals surface area contributed by atoms with Crippen molar-refractivity contribution in [3.8, 4) is 0 Å². The van der Waals surface area contributed by atoms with Gasteiger partial charge < -0.3 is 15.7 Å². The molecule has 0 spiro atoms. The lowest BCUT2D eigenvalue weighted by atomic mass is 10.0. The fourth-order valence-corrected chi connectivity index (χ4v) is 1.01. The van der Waals surface area contributed by atoms with Gasteiger partial charge in [0.15, 0.2) is 0 Å². The van der Waals surface area contributed by atoms with Crippen molar-refractivity contribution >= 4 is 11.8 Å². The Morgan fingerprint density at radius 2 is 1.92 bits per heavy atom. The molecular weight excluding hydrogens is 172 g/mol. The number of carbonyl (C=O) groups excluding carboxylic acids is 2. The summed E-state index contributed by atoms with van der Waals surface area (Å²) >= 11 is 0. The highest BCUT2D eigenvalue weighted by Gasteiger charge is 2.19. The van der Waals surface area contributed by atoms with Crippen LogP contribution in [0, 0.1) is 5.92 Å². The maximum absolute atomic E-state index is 11.2. The molecule has 0 bridgehead atoms. The average Bonchev–Trinajstić information content (AvgIpc) is 2.15. The van der Waals surface area contributed by atoms with Crippen molar-refractivity contribution in [3.63, 3.8) is 0 Å². The summed E-state index contributed by atoms with van der Waals surface area (Å²) in [5, 5.41) is 13.5. The van der Waals surface area contributed by atoms with Gasteiger partial charge in [0.2, 0.25) is 11.8 Å². The Balaban J connectivity index is 4.08. The van der Waals surface area contributed by atoms with Crippen LogP contribution >= 0.6 is 0 Å². The van der Waals surface area contributed by atoms with E-state index in [4.69, 9.17) is 5.11 Å². The SMILES string of the molecule is CNC(=O)CC(CCO)C(=O)NC. The summed E-state index contributed by atoms with van der Waals surface area (Å²) in [5.41, 5.74) is 0. The Kier molecular flexibility index (Phi) is 5.88. The summed E-state index contributed by atoms with van der Waals surface area (Å²) in [4.78, 5) is 22.1. The van der Waals surface area contributed by atoms with Gasteiger partial charge in [-0.1, -0.05) is 0 Å². The Morgan fingerprint density at radius 3 is 2.31 bits per heavy atom. The molecule has 1 atom stereocenters. The van der Waals surface area contributed by atoms with Gasteiger partial charge in [0.25, 0.3) is 0 Å². The zero-order valence-electron chi connectivity index (χ0n) is 7.96. The quantitative estimate of drug-likeness (QED) is 0.510. The molecule has 3 N–H and O–H groups in total. The molecule has 0 aromatic rings. The monoisotopic (exact) mass is 188 g/mol. The Morgan fingerprint density at radius 1 is 1.31 bits per heavy atom. The van der Waals surface area contributed by atoms with E-state index in [1.165, 1.54) is 14.1 Å². The number of nitrogens with one attached hydrogen (secondary N) is 2. The fourth-order valence-electron chi connectivity index (χ4n) is 1.01. The average molecular weight is 188 g/mol. The first-order valence-corrected chi connectivity index (χ1v) is 4.18. The van der Waals surface area contributed by atoms with Gasteiger partial charge in [-0.2, -0.15) is 0 Å². The fraction of sp³-hybridized carbons (Fsp3) is 0.750. The van der Waals surface area contributed by atoms with Crippen LogP contribution in [0.5, 0.6) is 0 Å². The molecule has 5 nitrogen and oxygen atoms in total. The summed E-state index contributed by atoms with van der Waals surface area (Å²) < 4.78 is 0. The minimum Gasteiger partial charge on any atom is -0.396 e. The highest BCUT2D eigenvalue weighted by Crippen LogP contribution is 2.07. The minimum atomic E-state index is -0.435. The van der Waals surface area contributed by atoms with Crippen LogP contribution in [-0.4, -0.2) is 37.6 Å². The van der Waals surface area contributed by atoms with Crippen LogP contribution in [0.4, 0.5) is 0 Å². The van der Waals surface area contributed by atoms with Crippen molar-refractivity contribution in [3.05, 3.63) is 0 Å². The molecular formula is C8H16N2O3. The van der Waals surface area contributed by atoms with Gasteiger partial charge in [-0.15, -0.1) is 0 Å². The number of hydrogen-bond acceptors (Lipinski definition) is 3. The maximum atomic E-state index is 11.2. The second kappa shape index (κ2) is 6.42. The van der Waals surface area contributed by atoms with E-state index < -0.39 is 5.92 Å². The first-order chi connectivity index (χ1) is 6.15. The van der Waals surface area contributed by atoms with E-state index in [-0.39, 0.29) is 24.8 Å². The van der Waals surface area contributed by atoms with Gasteiger partial charge in [0.05, 0.1) is 0 Å². The topological polar surface area (TPSA) is 78.4 Å². The third-order valence-electron chi connectivity index (χ3n) is 1.81. The number of rotatable bonds is 5. The molecule has 2 amide bonds. The lowest BCUT2D eigenvalue weighted by Gasteiger charge is -2.12. The third-order valence-corrected chi connectivity index (χ3v) is 1.81. The first-order valence-electron chi connectivity index (χ1n) is 4.18. The molecule has 0 radical (unpaired) electrons. The van der Waals surface area contributed by atoms with E-state index in [2.05, 4.69) is 10.6 Å². The molecule has 5 heteroatoms. The van der Waals surface area contributed by atoms with Crippen LogP contribution in [0.25, 0.3) is 0 Å². The van der Waals surface area contributed by atoms with Crippen molar-refractivity contribution in [2.75, 3.05) is 20.7 Å². The van der Waals surface area contributed by atoms with Gasteiger partial charge in [0, 0.05) is 33.0 Å². The van der Waals surface area contributed by atoms with Crippen LogP contribution in [0.1, 0.15) is 12.8 Å². The standard InChI is InChI=1S/C8H16N2O3/c1-9-7(12)5-6(3-4-11)8(13)10-2/h6,11H,3-5H2,1-2H3,(H,9,12)(H,10,13). The van der Waals surface area contributed by atoms with E-state index in [0.717, 1.165) is 0 Å². The highest BCUT2D eigenvalue weighted by atomic mass is 16.3. The summed E-state index contributed by atoms with van der Waals surface area (Å²) in [5.74, 6) is -0.838. The lowest BCUT2D eigenvalue weighted by molar-refractivity contribution is -0.130. The van der Waals surface area contributed by atoms with E-state index in [1.54, 1.807) is 0 Å². The predicted octanol–water partition coefficient (Wildman–Crippen LogP) is -1.13. The third kappa shape index (κ3) is 4.47. The molecule has 0 rings (SSSR count). The molecule has 0 aliphatic carbocycles. The van der Waals surface area contributed by atoms with E-state index in [1.807, 2.05) is 0 Å². The second-order valence-electron chi connectivity index (χ2n) is 2.70. The molecule has 0 aliphatic heterocycles. The number of aliphatic hydroxyl groups is 1. The molecule has 13 heavy (non-hydrogen) atoms. The van der Waals surface area contributed by atoms with Gasteiger partial charge >= 0.3 is 0 Å². The number of amides is 2. The van der Waals surface area contributed by atoms with Crippen LogP contribution in [0.3, 0.4) is 0 Å². The molecule has 76 valence electrons. The second-order valence-corrected chi connectivity index (χ2v) is 2.70. The van der Waals surface area contributed by atoms with E-state index in [0.29, 0.717) is 6.42 Å². The largest absolute Gasteiger partial charge is 0.396 e. The molecule has 0 aromatic heterocycles. The van der Waals surface area contributed by atoms with Gasteiger partial charge in [0.1, 0.15) is 0 Å². The molecule has 0 heterocycles. The first kappa shape index (κ1) is 11.9. The van der Waals surface area contributed by atoms with Gasteiger partial charge in [-0.25, -0.2) is 0 Å². The molecule has 0 aliphatic rings. The summed E-state index contributed by atoms with van der Waals surface area (Å²) in [7, 11) is 3.03. The Bertz CT molecular complexity index is 182. The van der Waals surface area contributed by atoms with Crippen LogP contribution in [0.2, 0.25) is 0 Å². The van der Waals surface area contributed by atoms with Crippen LogP contribution in [-0.2, 0) is 9.59 Å². The van der Waals surface area contributed by atoms with E-state index in [9.17, 15) is 9.59 Å². The number of carbonyl (C=O) groups is 2. The van der Waals surface area contributed by atoms with Gasteiger partial charge in [-0.3, -0.25) is 9.59 Å².